The maximum Gasteiger partial charge on any atom is 0.307 e. The molecule has 2 N–H and O–H groups in total. The Morgan fingerprint density at radius 3 is 2.42 bits per heavy atom. The fourth-order valence-electron chi connectivity index (χ4n) is 2.79. The Bertz CT molecular complexity index is 580. The summed E-state index contributed by atoms with van der Waals surface area (Å²) in [6.07, 6.45) is 7.89. The fourth-order valence-corrected chi connectivity index (χ4v) is 2.79. The first-order valence-electron chi connectivity index (χ1n) is 8.53. The molecule has 2 rings (SSSR count). The summed E-state index contributed by atoms with van der Waals surface area (Å²) in [5.74, 6) is -1.58. The molecule has 0 spiro atoms. The van der Waals surface area contributed by atoms with Crippen molar-refractivity contribution in [2.45, 2.75) is 39.0 Å². The number of allylic oxidation sites excluding steroid dienone is 2. The van der Waals surface area contributed by atoms with Gasteiger partial charge in [-0.25, -0.2) is 0 Å². The van der Waals surface area contributed by atoms with Crippen LogP contribution in [-0.2, 0) is 9.59 Å². The number of hydrogen-bond acceptors (Lipinski definition) is 3. The van der Waals surface area contributed by atoms with Gasteiger partial charge in [0.05, 0.1) is 18.4 Å². The second-order valence-electron chi connectivity index (χ2n) is 6.06. The second-order valence-corrected chi connectivity index (χ2v) is 6.06. The second kappa shape index (κ2) is 9.11. The van der Waals surface area contributed by atoms with Crippen LogP contribution in [0.15, 0.2) is 36.4 Å². The lowest BCUT2D eigenvalue weighted by molar-refractivity contribution is -0.146. The number of aliphatic carboxylic acids is 1. The number of carboxylic acid groups (broad SMARTS) is 1. The number of benzene rings is 1. The van der Waals surface area contributed by atoms with Gasteiger partial charge in [0.25, 0.3) is 0 Å². The highest BCUT2D eigenvalue weighted by molar-refractivity contribution is 5.95. The number of carboxylic acids is 1. The highest BCUT2D eigenvalue weighted by atomic mass is 16.5. The largest absolute Gasteiger partial charge is 0.494 e. The molecular weight excluding hydrogens is 306 g/mol. The van der Waals surface area contributed by atoms with Crippen molar-refractivity contribution < 1.29 is 19.4 Å². The predicted molar refractivity (Wildman–Crippen MR) is 93.1 cm³/mol. The van der Waals surface area contributed by atoms with Crippen molar-refractivity contribution in [3.63, 3.8) is 0 Å². The lowest BCUT2D eigenvalue weighted by Crippen LogP contribution is -2.34. The topological polar surface area (TPSA) is 75.6 Å². The number of nitrogens with one attached hydrogen (secondary N) is 1. The number of ether oxygens (including phenoxy) is 1. The number of unbranched alkanes of at least 4 members (excludes halogenated alkanes) is 2. The molecule has 0 aliphatic heterocycles. The number of rotatable bonds is 8. The van der Waals surface area contributed by atoms with E-state index in [9.17, 15) is 14.7 Å². The minimum Gasteiger partial charge on any atom is -0.494 e. The van der Waals surface area contributed by atoms with Crippen LogP contribution in [0.2, 0.25) is 0 Å². The normalized spacial score (nSPS) is 19.7. The minimum atomic E-state index is -0.921. The van der Waals surface area contributed by atoms with Crippen molar-refractivity contribution in [1.29, 1.82) is 0 Å². The van der Waals surface area contributed by atoms with E-state index in [1.54, 1.807) is 12.1 Å². The van der Waals surface area contributed by atoms with Crippen molar-refractivity contribution in [1.82, 2.24) is 0 Å². The first-order valence-corrected chi connectivity index (χ1v) is 8.53. The summed E-state index contributed by atoms with van der Waals surface area (Å²) < 4.78 is 5.63. The molecule has 0 bridgehead atoms. The highest BCUT2D eigenvalue weighted by Gasteiger charge is 2.33. The summed E-state index contributed by atoms with van der Waals surface area (Å²) in [6.45, 7) is 2.84. The van der Waals surface area contributed by atoms with E-state index in [1.807, 2.05) is 24.3 Å². The molecule has 1 aromatic rings. The van der Waals surface area contributed by atoms with Crippen LogP contribution in [0.1, 0.15) is 39.0 Å². The standard InChI is InChI=1S/C19H25NO4/c1-2-3-6-13-24-15-11-9-14(10-12-15)20-18(21)16-7-4-5-8-17(16)19(22)23/h4-5,9-12,16-17H,2-3,6-8,13H2,1H3,(H,20,21)(H,22,23)/t16-,17+/m0/s1. The van der Waals surface area contributed by atoms with Gasteiger partial charge in [-0.1, -0.05) is 31.9 Å². The summed E-state index contributed by atoms with van der Waals surface area (Å²) in [6, 6.07) is 7.19. The van der Waals surface area contributed by atoms with Gasteiger partial charge in [0.2, 0.25) is 5.91 Å². The lowest BCUT2D eigenvalue weighted by atomic mass is 9.82. The fraction of sp³-hybridized carbons (Fsp3) is 0.474. The van der Waals surface area contributed by atoms with Crippen molar-refractivity contribution in [2.24, 2.45) is 11.8 Å². The Hall–Kier alpha value is -2.30. The molecule has 5 nitrogen and oxygen atoms in total. The molecule has 1 aliphatic carbocycles. The molecule has 24 heavy (non-hydrogen) atoms. The van der Waals surface area contributed by atoms with Crippen molar-refractivity contribution >= 4 is 17.6 Å². The summed E-state index contributed by atoms with van der Waals surface area (Å²) in [4.78, 5) is 23.7. The lowest BCUT2D eigenvalue weighted by Gasteiger charge is -2.24. The van der Waals surface area contributed by atoms with Crippen molar-refractivity contribution in [3.05, 3.63) is 36.4 Å². The molecule has 0 unspecified atom stereocenters. The van der Waals surface area contributed by atoms with Gasteiger partial charge < -0.3 is 15.2 Å². The molecule has 0 fully saturated rings. The number of amides is 1. The summed E-state index contributed by atoms with van der Waals surface area (Å²) in [5.41, 5.74) is 0.652. The number of carbonyl (C=O) groups is 2. The summed E-state index contributed by atoms with van der Waals surface area (Å²) in [7, 11) is 0. The third kappa shape index (κ3) is 5.11. The maximum atomic E-state index is 12.4. The molecule has 2 atom stereocenters. The van der Waals surface area contributed by atoms with Crippen LogP contribution in [0.5, 0.6) is 5.75 Å². The van der Waals surface area contributed by atoms with E-state index in [4.69, 9.17) is 4.74 Å². The molecule has 0 heterocycles. The van der Waals surface area contributed by atoms with E-state index in [0.717, 1.165) is 25.0 Å². The molecule has 0 saturated heterocycles. The Morgan fingerprint density at radius 1 is 1.12 bits per heavy atom. The van der Waals surface area contributed by atoms with Crippen molar-refractivity contribution in [2.75, 3.05) is 11.9 Å². The van der Waals surface area contributed by atoms with Crippen LogP contribution in [0.3, 0.4) is 0 Å². The van der Waals surface area contributed by atoms with E-state index in [0.29, 0.717) is 25.1 Å². The number of hydrogen-bond donors (Lipinski definition) is 2. The maximum absolute atomic E-state index is 12.4. The predicted octanol–water partition coefficient (Wildman–Crippen LogP) is 3.86. The molecule has 0 saturated carbocycles. The Labute approximate surface area is 142 Å². The van der Waals surface area contributed by atoms with Gasteiger partial charge in [-0.3, -0.25) is 9.59 Å². The Balaban J connectivity index is 1.89. The first kappa shape index (κ1) is 18.0. The van der Waals surface area contributed by atoms with E-state index in [-0.39, 0.29) is 5.91 Å². The Morgan fingerprint density at radius 2 is 1.79 bits per heavy atom. The van der Waals surface area contributed by atoms with Crippen LogP contribution in [0.4, 0.5) is 5.69 Å². The van der Waals surface area contributed by atoms with E-state index in [2.05, 4.69) is 12.2 Å². The third-order valence-electron chi connectivity index (χ3n) is 4.22. The average molecular weight is 331 g/mol. The van der Waals surface area contributed by atoms with Crippen LogP contribution >= 0.6 is 0 Å². The van der Waals surface area contributed by atoms with Crippen LogP contribution < -0.4 is 10.1 Å². The summed E-state index contributed by atoms with van der Waals surface area (Å²) >= 11 is 0. The van der Waals surface area contributed by atoms with Gasteiger partial charge in [0.1, 0.15) is 5.75 Å². The molecule has 130 valence electrons. The zero-order valence-corrected chi connectivity index (χ0v) is 14.0. The van der Waals surface area contributed by atoms with Gasteiger partial charge in [0, 0.05) is 5.69 Å². The van der Waals surface area contributed by atoms with Crippen LogP contribution in [0.25, 0.3) is 0 Å². The molecule has 1 aliphatic rings. The smallest absolute Gasteiger partial charge is 0.307 e. The SMILES string of the molecule is CCCCCOc1ccc(NC(=O)[C@H]2CC=CC[C@H]2C(=O)O)cc1. The molecule has 1 amide bonds. The van der Waals surface area contributed by atoms with Gasteiger partial charge in [-0.15, -0.1) is 0 Å². The minimum absolute atomic E-state index is 0.247. The highest BCUT2D eigenvalue weighted by Crippen LogP contribution is 2.27. The van der Waals surface area contributed by atoms with Gasteiger partial charge in [0.15, 0.2) is 0 Å². The van der Waals surface area contributed by atoms with E-state index in [1.165, 1.54) is 0 Å². The Kier molecular flexibility index (Phi) is 6.85. The summed E-state index contributed by atoms with van der Waals surface area (Å²) in [5, 5.41) is 12.1. The number of carbonyl (C=O) groups excluding carboxylic acids is 1. The zero-order valence-electron chi connectivity index (χ0n) is 14.0. The van der Waals surface area contributed by atoms with E-state index < -0.39 is 17.8 Å². The molecule has 5 heteroatoms. The van der Waals surface area contributed by atoms with Crippen molar-refractivity contribution in [3.8, 4) is 5.75 Å². The quantitative estimate of drug-likeness (QED) is 0.560. The van der Waals surface area contributed by atoms with Gasteiger partial charge >= 0.3 is 5.97 Å². The van der Waals surface area contributed by atoms with Crippen LogP contribution in [-0.4, -0.2) is 23.6 Å². The molecule has 0 aromatic heterocycles. The zero-order chi connectivity index (χ0) is 17.4. The number of anilines is 1. The average Bonchev–Trinajstić information content (AvgIpc) is 2.60. The van der Waals surface area contributed by atoms with Crippen LogP contribution in [0, 0.1) is 11.8 Å². The van der Waals surface area contributed by atoms with E-state index >= 15 is 0 Å². The van der Waals surface area contributed by atoms with Gasteiger partial charge in [-0.05, 0) is 43.5 Å². The molecule has 0 radical (unpaired) electrons. The molecule has 1 aromatic carbocycles. The van der Waals surface area contributed by atoms with Gasteiger partial charge in [-0.2, -0.15) is 0 Å². The molecular formula is C19H25NO4. The monoisotopic (exact) mass is 331 g/mol. The third-order valence-corrected chi connectivity index (χ3v) is 4.22. The first-order chi connectivity index (χ1) is 11.6.